The molecule has 4 heteroatoms. The third-order valence-electron chi connectivity index (χ3n) is 3.60. The summed E-state index contributed by atoms with van der Waals surface area (Å²) in [5, 5.41) is 4.58. The van der Waals surface area contributed by atoms with Crippen LogP contribution in [0.4, 0.5) is 5.82 Å². The van der Waals surface area contributed by atoms with Crippen LogP contribution in [-0.4, -0.2) is 11.0 Å². The van der Waals surface area contributed by atoms with E-state index in [9.17, 15) is 0 Å². The van der Waals surface area contributed by atoms with Gasteiger partial charge in [0.15, 0.2) is 0 Å². The van der Waals surface area contributed by atoms with Crippen molar-refractivity contribution in [2.45, 2.75) is 32.7 Å². The topological polar surface area (TPSA) is 24.9 Å². The summed E-state index contributed by atoms with van der Waals surface area (Å²) in [4.78, 5) is 4.23. The minimum absolute atomic E-state index is 0.473. The highest BCUT2D eigenvalue weighted by Gasteiger charge is 2.30. The second-order valence-corrected chi connectivity index (χ2v) is 5.49. The van der Waals surface area contributed by atoms with E-state index >= 15 is 0 Å². The van der Waals surface area contributed by atoms with Gasteiger partial charge in [-0.1, -0.05) is 37.0 Å². The Morgan fingerprint density at radius 3 is 2.62 bits per heavy atom. The maximum absolute atomic E-state index is 6.08. The molecule has 1 aromatic heterocycles. The average molecular weight is 259 g/mol. The number of nitrogens with zero attached hydrogens (tertiary/aromatic N) is 1. The van der Waals surface area contributed by atoms with Crippen LogP contribution in [-0.2, 0) is 0 Å². The maximum Gasteiger partial charge on any atom is 0.145 e. The normalized spacial score (nSPS) is 29.4. The van der Waals surface area contributed by atoms with Gasteiger partial charge in [0, 0.05) is 12.2 Å². The number of hydrogen-bond donors (Lipinski definition) is 1. The molecule has 1 fully saturated rings. The number of aromatic nitrogens is 1. The van der Waals surface area contributed by atoms with E-state index in [0.29, 0.717) is 22.0 Å². The fourth-order valence-electron chi connectivity index (χ4n) is 2.26. The minimum Gasteiger partial charge on any atom is -0.366 e. The van der Waals surface area contributed by atoms with Gasteiger partial charge >= 0.3 is 0 Å². The summed E-state index contributed by atoms with van der Waals surface area (Å²) < 4.78 is 0. The number of anilines is 1. The smallest absolute Gasteiger partial charge is 0.145 e. The summed E-state index contributed by atoms with van der Waals surface area (Å²) in [6.45, 7) is 4.57. The van der Waals surface area contributed by atoms with Crippen molar-refractivity contribution >= 4 is 29.0 Å². The minimum atomic E-state index is 0.473. The van der Waals surface area contributed by atoms with Crippen molar-refractivity contribution in [2.75, 3.05) is 5.32 Å². The first-order valence-corrected chi connectivity index (χ1v) is 6.41. The van der Waals surface area contributed by atoms with Gasteiger partial charge in [0.05, 0.1) is 10.0 Å². The van der Waals surface area contributed by atoms with E-state index in [-0.39, 0.29) is 0 Å². The Hall–Kier alpha value is -0.470. The van der Waals surface area contributed by atoms with Crippen molar-refractivity contribution in [3.05, 3.63) is 22.3 Å². The van der Waals surface area contributed by atoms with Gasteiger partial charge < -0.3 is 5.32 Å². The number of nitrogens with one attached hydrogen (secondary N) is 1. The van der Waals surface area contributed by atoms with Crippen molar-refractivity contribution in [2.24, 2.45) is 11.8 Å². The molecule has 2 nitrogen and oxygen atoms in total. The number of rotatable bonds is 2. The lowest BCUT2D eigenvalue weighted by Gasteiger charge is -2.20. The van der Waals surface area contributed by atoms with E-state index in [1.54, 1.807) is 12.3 Å². The molecular weight excluding hydrogens is 243 g/mol. The molecule has 16 heavy (non-hydrogen) atoms. The van der Waals surface area contributed by atoms with Crippen LogP contribution in [0.2, 0.25) is 10.0 Å². The largest absolute Gasteiger partial charge is 0.366 e. The highest BCUT2D eigenvalue weighted by Crippen LogP contribution is 2.34. The highest BCUT2D eigenvalue weighted by atomic mass is 35.5. The molecule has 0 spiro atoms. The molecule has 1 saturated carbocycles. The molecule has 2 rings (SSSR count). The molecule has 3 unspecified atom stereocenters. The van der Waals surface area contributed by atoms with Crippen LogP contribution in [0.3, 0.4) is 0 Å². The molecule has 0 amide bonds. The van der Waals surface area contributed by atoms with Gasteiger partial charge in [-0.2, -0.15) is 0 Å². The zero-order valence-corrected chi connectivity index (χ0v) is 11.0. The SMILES string of the molecule is CC1CCC(Nc2ncc(Cl)cc2Cl)C1C. The second-order valence-electron chi connectivity index (χ2n) is 4.65. The second kappa shape index (κ2) is 4.80. The van der Waals surface area contributed by atoms with Gasteiger partial charge in [0.1, 0.15) is 5.82 Å². The van der Waals surface area contributed by atoms with Crippen molar-refractivity contribution in [3.8, 4) is 0 Å². The lowest BCUT2D eigenvalue weighted by molar-refractivity contribution is 0.435. The van der Waals surface area contributed by atoms with Gasteiger partial charge in [0.25, 0.3) is 0 Å². The Labute approximate surface area is 106 Å². The molecule has 0 saturated heterocycles. The van der Waals surface area contributed by atoms with Gasteiger partial charge in [0.2, 0.25) is 0 Å². The molecule has 0 bridgehead atoms. The Kier molecular flexibility index (Phi) is 3.60. The first kappa shape index (κ1) is 12.0. The van der Waals surface area contributed by atoms with E-state index in [0.717, 1.165) is 11.7 Å². The molecule has 0 aromatic carbocycles. The van der Waals surface area contributed by atoms with E-state index < -0.39 is 0 Å². The molecule has 1 aliphatic rings. The van der Waals surface area contributed by atoms with Crippen LogP contribution in [0.1, 0.15) is 26.7 Å². The zero-order valence-electron chi connectivity index (χ0n) is 9.50. The van der Waals surface area contributed by atoms with Crippen LogP contribution in [0, 0.1) is 11.8 Å². The van der Waals surface area contributed by atoms with E-state index in [2.05, 4.69) is 24.1 Å². The quantitative estimate of drug-likeness (QED) is 0.859. The van der Waals surface area contributed by atoms with Crippen molar-refractivity contribution in [3.63, 3.8) is 0 Å². The van der Waals surface area contributed by atoms with Gasteiger partial charge in [-0.05, 0) is 30.7 Å². The summed E-state index contributed by atoms with van der Waals surface area (Å²) >= 11 is 11.9. The Bertz CT molecular complexity index is 381. The van der Waals surface area contributed by atoms with Crippen LogP contribution < -0.4 is 5.32 Å². The van der Waals surface area contributed by atoms with E-state index in [1.807, 2.05) is 0 Å². The van der Waals surface area contributed by atoms with Crippen LogP contribution in [0.15, 0.2) is 12.3 Å². The van der Waals surface area contributed by atoms with Gasteiger partial charge in [-0.15, -0.1) is 0 Å². The molecule has 1 aliphatic carbocycles. The standard InChI is InChI=1S/C12H16Cl2N2/c1-7-3-4-11(8(7)2)16-12-10(14)5-9(13)6-15-12/h5-8,11H,3-4H2,1-2H3,(H,15,16). The maximum atomic E-state index is 6.08. The fourth-order valence-corrected chi connectivity index (χ4v) is 2.70. The monoisotopic (exact) mass is 258 g/mol. The predicted molar refractivity (Wildman–Crippen MR) is 69.2 cm³/mol. The highest BCUT2D eigenvalue weighted by molar-refractivity contribution is 6.35. The van der Waals surface area contributed by atoms with Gasteiger partial charge in [-0.25, -0.2) is 4.98 Å². The molecule has 88 valence electrons. The number of pyridine rings is 1. The van der Waals surface area contributed by atoms with Crippen LogP contribution in [0.5, 0.6) is 0 Å². The Balaban J connectivity index is 2.09. The summed E-state index contributed by atoms with van der Waals surface area (Å²) in [6, 6.07) is 2.20. The summed E-state index contributed by atoms with van der Waals surface area (Å²) in [5.74, 6) is 2.18. The lowest BCUT2D eigenvalue weighted by atomic mass is 9.98. The Morgan fingerprint density at radius 1 is 1.31 bits per heavy atom. The zero-order chi connectivity index (χ0) is 11.7. The number of hydrogen-bond acceptors (Lipinski definition) is 2. The van der Waals surface area contributed by atoms with E-state index in [4.69, 9.17) is 23.2 Å². The van der Waals surface area contributed by atoms with Gasteiger partial charge in [-0.3, -0.25) is 0 Å². The van der Waals surface area contributed by atoms with Crippen molar-refractivity contribution in [1.82, 2.24) is 4.98 Å². The first-order valence-electron chi connectivity index (χ1n) is 5.65. The first-order chi connectivity index (χ1) is 7.58. The third kappa shape index (κ3) is 2.44. The van der Waals surface area contributed by atoms with Crippen LogP contribution >= 0.6 is 23.2 Å². The molecule has 0 radical (unpaired) electrons. The molecule has 1 heterocycles. The van der Waals surface area contributed by atoms with Crippen molar-refractivity contribution < 1.29 is 0 Å². The molecule has 0 aliphatic heterocycles. The average Bonchev–Trinajstić information content (AvgIpc) is 2.54. The lowest BCUT2D eigenvalue weighted by Crippen LogP contribution is -2.24. The molecule has 1 aromatic rings. The molecule has 3 atom stereocenters. The molecular formula is C12H16Cl2N2. The van der Waals surface area contributed by atoms with Crippen LogP contribution in [0.25, 0.3) is 0 Å². The summed E-state index contributed by atoms with van der Waals surface area (Å²) in [5.41, 5.74) is 0. The summed E-state index contributed by atoms with van der Waals surface area (Å²) in [6.07, 6.45) is 4.08. The predicted octanol–water partition coefficient (Wildman–Crippen LogP) is 4.23. The van der Waals surface area contributed by atoms with E-state index in [1.165, 1.54) is 12.8 Å². The number of halogens is 2. The Morgan fingerprint density at radius 2 is 2.06 bits per heavy atom. The summed E-state index contributed by atoms with van der Waals surface area (Å²) in [7, 11) is 0. The molecule has 1 N–H and O–H groups in total. The fraction of sp³-hybridized carbons (Fsp3) is 0.583. The van der Waals surface area contributed by atoms with Crippen molar-refractivity contribution in [1.29, 1.82) is 0 Å². The third-order valence-corrected chi connectivity index (χ3v) is 4.09.